The molecule has 0 saturated carbocycles. The summed E-state index contributed by atoms with van der Waals surface area (Å²) in [5, 5.41) is 16.9. The smallest absolute Gasteiger partial charge is 0.266 e. The van der Waals surface area contributed by atoms with E-state index in [1.807, 2.05) is 0 Å². The van der Waals surface area contributed by atoms with E-state index in [0.29, 0.717) is 11.8 Å². The molecule has 0 spiro atoms. The Hall–Kier alpha value is -4.08. The van der Waals surface area contributed by atoms with Crippen molar-refractivity contribution in [3.63, 3.8) is 0 Å². The van der Waals surface area contributed by atoms with Crippen LogP contribution in [0.1, 0.15) is 15.9 Å². The number of H-pyrrole nitrogens is 1. The number of aromatic nitrogens is 3. The summed E-state index contributed by atoms with van der Waals surface area (Å²) in [6.45, 7) is -0.323. The van der Waals surface area contributed by atoms with Crippen LogP contribution < -0.4 is 10.9 Å². The lowest BCUT2D eigenvalue weighted by Gasteiger charge is -2.09. The number of amides is 1. The third-order valence-corrected chi connectivity index (χ3v) is 4.47. The number of benzene rings is 2. The molecule has 0 atom stereocenters. The van der Waals surface area contributed by atoms with Gasteiger partial charge in [0, 0.05) is 18.2 Å². The molecule has 0 unspecified atom stereocenters. The molecule has 2 heterocycles. The number of aromatic amines is 1. The number of hydrogen-bond acceptors (Lipinski definition) is 4. The summed E-state index contributed by atoms with van der Waals surface area (Å²) in [6, 6.07) is 8.12. The average molecular weight is 414 g/mol. The van der Waals surface area contributed by atoms with E-state index in [1.165, 1.54) is 35.1 Å². The average Bonchev–Trinajstić information content (AvgIpc) is 3.12. The summed E-state index contributed by atoms with van der Waals surface area (Å²) < 4.78 is 41.1. The van der Waals surface area contributed by atoms with Gasteiger partial charge in [0.1, 0.15) is 34.4 Å². The van der Waals surface area contributed by atoms with Gasteiger partial charge in [-0.3, -0.25) is 9.59 Å². The standard InChI is InChI=1S/C20H13F3N4O3/c21-11-3-5-13(6-4-11)27-18-14(9-25-27)17(28)16(20(30)26-18)19(29)24-8-10-1-2-12(22)7-15(10)23/h1-7,9H,8H2,(H,24,29)(H2,26,28,30). The van der Waals surface area contributed by atoms with Crippen molar-refractivity contribution in [3.8, 4) is 11.4 Å². The lowest BCUT2D eigenvalue weighted by atomic mass is 10.1. The van der Waals surface area contributed by atoms with Crippen molar-refractivity contribution in [3.05, 3.63) is 87.6 Å². The maximum atomic E-state index is 13.7. The number of halogens is 3. The molecule has 0 aliphatic heterocycles. The van der Waals surface area contributed by atoms with Gasteiger partial charge in [0.2, 0.25) is 0 Å². The predicted octanol–water partition coefficient (Wildman–Crippen LogP) is 2.77. The van der Waals surface area contributed by atoms with Gasteiger partial charge in [-0.2, -0.15) is 5.10 Å². The largest absolute Gasteiger partial charge is 0.506 e. The van der Waals surface area contributed by atoms with E-state index in [2.05, 4.69) is 15.4 Å². The summed E-state index contributed by atoms with van der Waals surface area (Å²) in [5.74, 6) is -3.64. The number of fused-ring (bicyclic) bond motifs is 1. The Kier molecular flexibility index (Phi) is 4.74. The molecule has 0 aliphatic carbocycles. The van der Waals surface area contributed by atoms with Gasteiger partial charge in [0.25, 0.3) is 11.5 Å². The van der Waals surface area contributed by atoms with Crippen LogP contribution in [-0.4, -0.2) is 25.8 Å². The molecule has 2 aromatic heterocycles. The van der Waals surface area contributed by atoms with Crippen LogP contribution >= 0.6 is 0 Å². The summed E-state index contributed by atoms with van der Waals surface area (Å²) in [5.41, 5.74) is -0.953. The Labute approximate surface area is 166 Å². The van der Waals surface area contributed by atoms with Crippen LogP contribution in [0.3, 0.4) is 0 Å². The number of hydrogen-bond donors (Lipinski definition) is 3. The van der Waals surface area contributed by atoms with Gasteiger partial charge in [-0.1, -0.05) is 6.07 Å². The first-order valence-corrected chi connectivity index (χ1v) is 8.66. The van der Waals surface area contributed by atoms with Gasteiger partial charge in [0.05, 0.1) is 17.3 Å². The highest BCUT2D eigenvalue weighted by atomic mass is 19.1. The summed E-state index contributed by atoms with van der Waals surface area (Å²) in [4.78, 5) is 27.4. The fraction of sp³-hybridized carbons (Fsp3) is 0.0500. The van der Waals surface area contributed by atoms with Crippen LogP contribution in [0.5, 0.6) is 5.75 Å². The molecule has 0 saturated heterocycles. The molecular weight excluding hydrogens is 401 g/mol. The van der Waals surface area contributed by atoms with Gasteiger partial charge >= 0.3 is 0 Å². The fourth-order valence-corrected chi connectivity index (χ4v) is 2.97. The molecular formula is C20H13F3N4O3. The minimum absolute atomic E-state index is 0.00544. The molecule has 10 heteroatoms. The molecule has 4 rings (SSSR count). The molecule has 3 N–H and O–H groups in total. The molecule has 1 amide bonds. The summed E-state index contributed by atoms with van der Waals surface area (Å²) in [7, 11) is 0. The van der Waals surface area contributed by atoms with Crippen molar-refractivity contribution in [2.75, 3.05) is 0 Å². The third-order valence-electron chi connectivity index (χ3n) is 4.47. The van der Waals surface area contributed by atoms with Crippen LogP contribution in [0.2, 0.25) is 0 Å². The molecule has 0 radical (unpaired) electrons. The van der Waals surface area contributed by atoms with Crippen LogP contribution in [0.15, 0.2) is 53.5 Å². The van der Waals surface area contributed by atoms with E-state index in [9.17, 15) is 27.9 Å². The van der Waals surface area contributed by atoms with Crippen molar-refractivity contribution in [2.45, 2.75) is 6.54 Å². The SMILES string of the molecule is O=C(NCc1ccc(F)cc1F)c1c(O)c2cnn(-c3ccc(F)cc3)c2[nH]c1=O. The predicted molar refractivity (Wildman–Crippen MR) is 101 cm³/mol. The zero-order valence-corrected chi connectivity index (χ0v) is 15.1. The third kappa shape index (κ3) is 3.39. The zero-order chi connectivity index (χ0) is 21.4. The second-order valence-electron chi connectivity index (χ2n) is 6.39. The molecule has 2 aromatic carbocycles. The molecule has 152 valence electrons. The van der Waals surface area contributed by atoms with Crippen LogP contribution in [0.25, 0.3) is 16.7 Å². The van der Waals surface area contributed by atoms with Crippen molar-refractivity contribution in [1.29, 1.82) is 0 Å². The monoisotopic (exact) mass is 414 g/mol. The van der Waals surface area contributed by atoms with Gasteiger partial charge in [-0.15, -0.1) is 0 Å². The Morgan fingerprint density at radius 3 is 2.50 bits per heavy atom. The Bertz CT molecular complexity index is 1330. The van der Waals surface area contributed by atoms with Crippen LogP contribution in [0.4, 0.5) is 13.2 Å². The highest BCUT2D eigenvalue weighted by Crippen LogP contribution is 2.26. The number of rotatable bonds is 4. The van der Waals surface area contributed by atoms with Crippen LogP contribution in [0, 0.1) is 17.5 Å². The summed E-state index contributed by atoms with van der Waals surface area (Å²) >= 11 is 0. The first kappa shape index (κ1) is 19.2. The number of nitrogens with zero attached hydrogens (tertiary/aromatic N) is 2. The number of carbonyl (C=O) groups excluding carboxylic acids is 1. The number of pyridine rings is 1. The second kappa shape index (κ2) is 7.39. The van der Waals surface area contributed by atoms with E-state index in [1.54, 1.807) is 0 Å². The number of carbonyl (C=O) groups is 1. The number of nitrogens with one attached hydrogen (secondary N) is 2. The summed E-state index contributed by atoms with van der Waals surface area (Å²) in [6.07, 6.45) is 1.24. The molecule has 0 fully saturated rings. The number of aromatic hydroxyl groups is 1. The first-order valence-electron chi connectivity index (χ1n) is 8.66. The van der Waals surface area contributed by atoms with E-state index in [4.69, 9.17) is 0 Å². The minimum Gasteiger partial charge on any atom is -0.506 e. The zero-order valence-electron chi connectivity index (χ0n) is 15.1. The van der Waals surface area contributed by atoms with Gasteiger partial charge < -0.3 is 15.4 Å². The topological polar surface area (TPSA) is 100 Å². The van der Waals surface area contributed by atoms with Crippen molar-refractivity contribution in [2.24, 2.45) is 0 Å². The van der Waals surface area contributed by atoms with E-state index < -0.39 is 40.2 Å². The van der Waals surface area contributed by atoms with Gasteiger partial charge in [-0.25, -0.2) is 17.9 Å². The molecule has 4 aromatic rings. The van der Waals surface area contributed by atoms with E-state index >= 15 is 0 Å². The molecule has 30 heavy (non-hydrogen) atoms. The quantitative estimate of drug-likeness (QED) is 0.478. The Balaban J connectivity index is 1.67. The fourth-order valence-electron chi connectivity index (χ4n) is 2.97. The maximum Gasteiger partial charge on any atom is 0.266 e. The van der Waals surface area contributed by atoms with Crippen LogP contribution in [-0.2, 0) is 6.54 Å². The van der Waals surface area contributed by atoms with Crippen molar-refractivity contribution < 1.29 is 23.1 Å². The lowest BCUT2D eigenvalue weighted by molar-refractivity contribution is 0.0946. The lowest BCUT2D eigenvalue weighted by Crippen LogP contribution is -2.29. The normalized spacial score (nSPS) is 11.0. The van der Waals surface area contributed by atoms with Crippen molar-refractivity contribution >= 4 is 16.9 Å². The van der Waals surface area contributed by atoms with Gasteiger partial charge in [-0.05, 0) is 30.3 Å². The second-order valence-corrected chi connectivity index (χ2v) is 6.39. The van der Waals surface area contributed by atoms with Crippen molar-refractivity contribution in [1.82, 2.24) is 20.1 Å². The molecule has 0 bridgehead atoms. The Morgan fingerprint density at radius 2 is 1.80 bits per heavy atom. The van der Waals surface area contributed by atoms with Gasteiger partial charge in [0.15, 0.2) is 0 Å². The maximum absolute atomic E-state index is 13.7. The highest BCUT2D eigenvalue weighted by molar-refractivity contribution is 6.01. The Morgan fingerprint density at radius 1 is 1.10 bits per heavy atom. The van der Waals surface area contributed by atoms with E-state index in [-0.39, 0.29) is 23.1 Å². The van der Waals surface area contributed by atoms with E-state index in [0.717, 1.165) is 12.1 Å². The molecule has 7 nitrogen and oxygen atoms in total. The molecule has 0 aliphatic rings. The first-order chi connectivity index (χ1) is 14.3. The highest BCUT2D eigenvalue weighted by Gasteiger charge is 2.22. The minimum atomic E-state index is -0.950.